The molecule has 1 aromatic heterocycles. The summed E-state index contributed by atoms with van der Waals surface area (Å²) in [6.07, 6.45) is 0. The molecule has 156 valence electrons. The highest BCUT2D eigenvalue weighted by atomic mass is 35.5. The lowest BCUT2D eigenvalue weighted by molar-refractivity contribution is 0.103. The molecule has 31 heavy (non-hydrogen) atoms. The van der Waals surface area contributed by atoms with Crippen molar-refractivity contribution in [2.75, 3.05) is 19.0 Å². The first-order valence-electron chi connectivity index (χ1n) is 9.78. The number of halogens is 1. The molecule has 2 heterocycles. The van der Waals surface area contributed by atoms with Gasteiger partial charge in [0.05, 0.1) is 24.4 Å². The zero-order chi connectivity index (χ0) is 21.7. The van der Waals surface area contributed by atoms with Crippen molar-refractivity contribution in [1.29, 1.82) is 0 Å². The molecular formula is C23H18ClN3O4. The monoisotopic (exact) mass is 435 g/mol. The van der Waals surface area contributed by atoms with E-state index in [0.717, 1.165) is 5.56 Å². The fourth-order valence-corrected chi connectivity index (χ4v) is 4.58. The number of H-pyrrole nitrogens is 1. The summed E-state index contributed by atoms with van der Waals surface area (Å²) in [6, 6.07) is 14.4. The number of methoxy groups -OCH3 is 1. The van der Waals surface area contributed by atoms with Crippen molar-refractivity contribution >= 4 is 28.9 Å². The first kappa shape index (κ1) is 19.5. The number of allylic oxidation sites excluding steroid dienone is 1. The summed E-state index contributed by atoms with van der Waals surface area (Å²) in [7, 11) is 1.54. The summed E-state index contributed by atoms with van der Waals surface area (Å²) < 4.78 is 6.58. The summed E-state index contributed by atoms with van der Waals surface area (Å²) in [5.41, 5.74) is 2.30. The van der Waals surface area contributed by atoms with E-state index in [1.807, 2.05) is 18.2 Å². The molecule has 2 aromatic carbocycles. The van der Waals surface area contributed by atoms with E-state index in [1.165, 1.54) is 11.7 Å². The average Bonchev–Trinajstić information content (AvgIpc) is 3.04. The van der Waals surface area contributed by atoms with Crippen LogP contribution in [-0.4, -0.2) is 29.1 Å². The standard InChI is InChI=1S/C23H18ClN3O4/c1-31-10-9-27-21-18(22(29)26-23(27)30)16(12-5-4-6-13(24)11-12)17-19(25-21)14-7-2-3-8-15(14)20(17)28/h2-8,11,16,25H,9-10H2,1H3,(H,26,29,30). The Balaban J connectivity index is 1.84. The smallest absolute Gasteiger partial charge is 0.330 e. The maximum absolute atomic E-state index is 13.4. The average molecular weight is 436 g/mol. The van der Waals surface area contributed by atoms with Crippen molar-refractivity contribution in [2.45, 2.75) is 12.5 Å². The third-order valence-electron chi connectivity index (χ3n) is 5.71. The number of fused-ring (bicyclic) bond motifs is 3. The highest BCUT2D eigenvalue weighted by Crippen LogP contribution is 2.48. The van der Waals surface area contributed by atoms with Gasteiger partial charge in [0.2, 0.25) is 0 Å². The molecule has 0 bridgehead atoms. The Bertz CT molecular complexity index is 1390. The van der Waals surface area contributed by atoms with Crippen LogP contribution in [0.1, 0.15) is 33.0 Å². The minimum Gasteiger partial charge on any atom is -0.383 e. The van der Waals surface area contributed by atoms with Crippen LogP contribution in [0, 0.1) is 0 Å². The van der Waals surface area contributed by atoms with E-state index in [4.69, 9.17) is 16.3 Å². The molecule has 7 nitrogen and oxygen atoms in total. The third-order valence-corrected chi connectivity index (χ3v) is 5.95. The predicted octanol–water partition coefficient (Wildman–Crippen LogP) is 3.00. The number of benzene rings is 2. The van der Waals surface area contributed by atoms with Crippen LogP contribution in [0.5, 0.6) is 0 Å². The Labute approximate surface area is 181 Å². The zero-order valence-corrected chi connectivity index (χ0v) is 17.3. The molecule has 1 aliphatic heterocycles. The van der Waals surface area contributed by atoms with E-state index < -0.39 is 17.2 Å². The number of carbonyl (C=O) groups excluding carboxylic acids is 1. The van der Waals surface area contributed by atoms with Crippen LogP contribution in [0.3, 0.4) is 0 Å². The lowest BCUT2D eigenvalue weighted by atomic mass is 9.81. The Kier molecular flexibility index (Phi) is 4.64. The van der Waals surface area contributed by atoms with Crippen molar-refractivity contribution < 1.29 is 9.53 Å². The number of hydrogen-bond acceptors (Lipinski definition) is 5. The number of ketones is 1. The topological polar surface area (TPSA) is 93.2 Å². The molecule has 0 fully saturated rings. The molecule has 1 aliphatic carbocycles. The largest absolute Gasteiger partial charge is 0.383 e. The molecule has 2 aliphatic rings. The molecule has 8 heteroatoms. The minimum atomic E-state index is -0.678. The van der Waals surface area contributed by atoms with E-state index in [1.54, 1.807) is 30.3 Å². The van der Waals surface area contributed by atoms with Crippen molar-refractivity contribution in [2.24, 2.45) is 0 Å². The van der Waals surface area contributed by atoms with Crippen LogP contribution in [0.2, 0.25) is 5.02 Å². The molecule has 0 spiro atoms. The third kappa shape index (κ3) is 2.97. The highest BCUT2D eigenvalue weighted by Gasteiger charge is 2.42. The molecule has 0 saturated carbocycles. The highest BCUT2D eigenvalue weighted by molar-refractivity contribution is 6.30. The zero-order valence-electron chi connectivity index (χ0n) is 16.6. The SMILES string of the molecule is COCCn1c2c(c(=O)[nH]c1=O)C(c1cccc(Cl)c1)C1=C(N2)c2ccccc2C1=O. The quantitative estimate of drug-likeness (QED) is 0.657. The van der Waals surface area contributed by atoms with Gasteiger partial charge in [-0.3, -0.25) is 19.1 Å². The maximum Gasteiger partial charge on any atom is 0.330 e. The summed E-state index contributed by atoms with van der Waals surface area (Å²) in [6.45, 7) is 0.519. The van der Waals surface area contributed by atoms with Gasteiger partial charge in [0.1, 0.15) is 5.82 Å². The van der Waals surface area contributed by atoms with Crippen LogP contribution in [-0.2, 0) is 11.3 Å². The Morgan fingerprint density at radius 1 is 1.06 bits per heavy atom. The number of aromatic amines is 1. The fourth-order valence-electron chi connectivity index (χ4n) is 4.38. The van der Waals surface area contributed by atoms with Crippen molar-refractivity contribution in [3.05, 3.63) is 102 Å². The van der Waals surface area contributed by atoms with Gasteiger partial charge in [0, 0.05) is 34.8 Å². The fraction of sp³-hybridized carbons (Fsp3) is 0.174. The molecule has 0 radical (unpaired) electrons. The first-order valence-corrected chi connectivity index (χ1v) is 10.2. The number of nitrogens with zero attached hydrogens (tertiary/aromatic N) is 1. The molecule has 0 saturated heterocycles. The van der Waals surface area contributed by atoms with Gasteiger partial charge in [-0.2, -0.15) is 0 Å². The van der Waals surface area contributed by atoms with E-state index in [2.05, 4.69) is 10.3 Å². The lowest BCUT2D eigenvalue weighted by Gasteiger charge is -2.29. The maximum atomic E-state index is 13.4. The summed E-state index contributed by atoms with van der Waals surface area (Å²) in [4.78, 5) is 41.5. The number of Topliss-reactive ketones (excluding diaryl/α,β-unsaturated/α-hetero) is 1. The molecular weight excluding hydrogens is 418 g/mol. The Morgan fingerprint density at radius 3 is 2.58 bits per heavy atom. The number of hydrogen-bond donors (Lipinski definition) is 2. The molecule has 1 unspecified atom stereocenters. The van der Waals surface area contributed by atoms with Crippen LogP contribution in [0.15, 0.2) is 63.7 Å². The van der Waals surface area contributed by atoms with E-state index >= 15 is 0 Å². The van der Waals surface area contributed by atoms with Crippen molar-refractivity contribution in [3.8, 4) is 0 Å². The van der Waals surface area contributed by atoms with Crippen LogP contribution < -0.4 is 16.6 Å². The van der Waals surface area contributed by atoms with Crippen molar-refractivity contribution in [1.82, 2.24) is 9.55 Å². The predicted molar refractivity (Wildman–Crippen MR) is 118 cm³/mol. The van der Waals surface area contributed by atoms with Crippen LogP contribution in [0.25, 0.3) is 5.70 Å². The van der Waals surface area contributed by atoms with E-state index in [9.17, 15) is 14.4 Å². The minimum absolute atomic E-state index is 0.150. The van der Waals surface area contributed by atoms with Crippen LogP contribution >= 0.6 is 11.6 Å². The Hall–Kier alpha value is -3.42. The van der Waals surface area contributed by atoms with Gasteiger partial charge in [-0.1, -0.05) is 48.0 Å². The van der Waals surface area contributed by atoms with E-state index in [-0.39, 0.29) is 18.9 Å². The summed E-state index contributed by atoms with van der Waals surface area (Å²) >= 11 is 6.25. The van der Waals surface area contributed by atoms with Gasteiger partial charge in [0.15, 0.2) is 5.78 Å². The van der Waals surface area contributed by atoms with Gasteiger partial charge >= 0.3 is 5.69 Å². The number of anilines is 1. The van der Waals surface area contributed by atoms with Crippen LogP contribution in [0.4, 0.5) is 5.82 Å². The van der Waals surface area contributed by atoms with Crippen molar-refractivity contribution in [3.63, 3.8) is 0 Å². The second kappa shape index (κ2) is 7.37. The lowest BCUT2D eigenvalue weighted by Crippen LogP contribution is -2.38. The molecule has 1 atom stereocenters. The first-order chi connectivity index (χ1) is 15.0. The normalized spacial score (nSPS) is 16.6. The van der Waals surface area contributed by atoms with E-state index in [0.29, 0.717) is 38.8 Å². The second-order valence-corrected chi connectivity index (χ2v) is 7.88. The van der Waals surface area contributed by atoms with Gasteiger partial charge < -0.3 is 10.1 Å². The molecule has 2 N–H and O–H groups in total. The molecule has 3 aromatic rings. The number of rotatable bonds is 4. The Morgan fingerprint density at radius 2 is 1.84 bits per heavy atom. The summed E-state index contributed by atoms with van der Waals surface area (Å²) in [5.74, 6) is -0.468. The number of nitrogens with one attached hydrogen (secondary N) is 2. The second-order valence-electron chi connectivity index (χ2n) is 7.44. The molecule has 0 amide bonds. The number of carbonyl (C=O) groups is 1. The van der Waals surface area contributed by atoms with Gasteiger partial charge in [-0.05, 0) is 17.7 Å². The number of aromatic nitrogens is 2. The summed E-state index contributed by atoms with van der Waals surface area (Å²) in [5, 5.41) is 3.72. The van der Waals surface area contributed by atoms with Gasteiger partial charge in [0.25, 0.3) is 5.56 Å². The van der Waals surface area contributed by atoms with Gasteiger partial charge in [-0.25, -0.2) is 4.79 Å². The number of ether oxygens (including phenoxy) is 1. The van der Waals surface area contributed by atoms with Gasteiger partial charge in [-0.15, -0.1) is 0 Å². The molecule has 5 rings (SSSR count).